The van der Waals surface area contributed by atoms with Crippen LogP contribution in [-0.4, -0.2) is 5.97 Å². The Hall–Kier alpha value is -0.570. The van der Waals surface area contributed by atoms with Crippen LogP contribution in [0.15, 0.2) is 30.3 Å². The van der Waals surface area contributed by atoms with Crippen molar-refractivity contribution in [1.82, 2.24) is 0 Å². The molecular weight excluding hydrogens is 187 g/mol. The molecule has 0 heterocycles. The van der Waals surface area contributed by atoms with Crippen LogP contribution in [0.1, 0.15) is 18.1 Å². The molecule has 0 fully saturated rings. The summed E-state index contributed by atoms with van der Waals surface area (Å²) in [5.74, 6) is -1.15. The Morgan fingerprint density at radius 1 is 1.43 bits per heavy atom. The van der Waals surface area contributed by atoms with Crippen LogP contribution in [0.2, 0.25) is 0 Å². The fraction of sp³-hybridized carbons (Fsp3) is 0.182. The molecule has 0 spiro atoms. The van der Waals surface area contributed by atoms with E-state index in [0.29, 0.717) is 5.57 Å². The van der Waals surface area contributed by atoms with Crippen molar-refractivity contribution >= 4 is 11.5 Å². The van der Waals surface area contributed by atoms with Crippen molar-refractivity contribution in [2.45, 2.75) is 13.8 Å². The number of benzene rings is 1. The van der Waals surface area contributed by atoms with E-state index >= 15 is 0 Å². The minimum atomic E-state index is -1.15. The third-order valence-electron chi connectivity index (χ3n) is 1.81. The third kappa shape index (κ3) is 4.09. The number of aliphatic carboxylic acids is 1. The van der Waals surface area contributed by atoms with Gasteiger partial charge in [-0.1, -0.05) is 29.8 Å². The Kier molecular flexibility index (Phi) is 5.77. The average Bonchev–Trinajstić information content (AvgIpc) is 2.03. The van der Waals surface area contributed by atoms with E-state index in [9.17, 15) is 9.90 Å². The molecule has 0 aliphatic heterocycles. The zero-order valence-corrected chi connectivity index (χ0v) is 10.7. The van der Waals surface area contributed by atoms with Crippen LogP contribution in [0, 0.1) is 6.92 Å². The molecule has 2 nitrogen and oxygen atoms in total. The van der Waals surface area contributed by atoms with Crippen LogP contribution in [0.5, 0.6) is 0 Å². The summed E-state index contributed by atoms with van der Waals surface area (Å²) in [5, 5.41) is 10.3. The van der Waals surface area contributed by atoms with E-state index in [1.807, 2.05) is 31.2 Å². The van der Waals surface area contributed by atoms with Gasteiger partial charge in [0.15, 0.2) is 0 Å². The van der Waals surface area contributed by atoms with E-state index in [-0.39, 0.29) is 29.6 Å². The summed E-state index contributed by atoms with van der Waals surface area (Å²) in [6.45, 7) is 3.72. The van der Waals surface area contributed by atoms with Gasteiger partial charge >= 0.3 is 29.6 Å². The van der Waals surface area contributed by atoms with Crippen LogP contribution in [-0.2, 0) is 4.79 Å². The molecule has 0 aromatic heterocycles. The van der Waals surface area contributed by atoms with Gasteiger partial charge in [0.25, 0.3) is 0 Å². The maximum Gasteiger partial charge on any atom is 1.00 e. The average molecular weight is 198 g/mol. The fourth-order valence-electron chi connectivity index (χ4n) is 1.15. The van der Waals surface area contributed by atoms with Gasteiger partial charge in [-0.2, -0.15) is 0 Å². The molecule has 0 aliphatic rings. The molecule has 14 heavy (non-hydrogen) atoms. The van der Waals surface area contributed by atoms with Crippen molar-refractivity contribution in [3.05, 3.63) is 41.5 Å². The van der Waals surface area contributed by atoms with Gasteiger partial charge in [0.05, 0.1) is 5.97 Å². The smallest absolute Gasteiger partial charge is 0.545 e. The predicted octanol–water partition coefficient (Wildman–Crippen LogP) is -1.85. The molecule has 3 heteroatoms. The molecule has 0 amide bonds. The Morgan fingerprint density at radius 2 is 2.07 bits per heavy atom. The van der Waals surface area contributed by atoms with Crippen molar-refractivity contribution in [2.24, 2.45) is 0 Å². The van der Waals surface area contributed by atoms with E-state index in [0.717, 1.165) is 17.2 Å². The van der Waals surface area contributed by atoms with Crippen LogP contribution in [0.25, 0.3) is 5.57 Å². The molecule has 0 N–H and O–H groups in total. The number of allylic oxidation sites excluding steroid dienone is 1. The number of carbonyl (C=O) groups excluding carboxylic acids is 1. The first-order chi connectivity index (χ1) is 6.09. The SMILES string of the molecule is CC(=CC(=O)[O-])c1cccc(C)c1.[Na+]. The van der Waals surface area contributed by atoms with Crippen LogP contribution in [0.3, 0.4) is 0 Å². The molecule has 0 aliphatic carbocycles. The van der Waals surface area contributed by atoms with Gasteiger partial charge in [0.1, 0.15) is 0 Å². The Bertz CT molecular complexity index is 356. The summed E-state index contributed by atoms with van der Waals surface area (Å²) in [7, 11) is 0. The van der Waals surface area contributed by atoms with E-state index < -0.39 is 5.97 Å². The van der Waals surface area contributed by atoms with E-state index in [1.165, 1.54) is 0 Å². The largest absolute Gasteiger partial charge is 1.00 e. The minimum absolute atomic E-state index is 0. The monoisotopic (exact) mass is 198 g/mol. The van der Waals surface area contributed by atoms with Gasteiger partial charge in [-0.15, -0.1) is 0 Å². The Labute approximate surface area is 106 Å². The van der Waals surface area contributed by atoms with Gasteiger partial charge in [-0.25, -0.2) is 0 Å². The topological polar surface area (TPSA) is 40.1 Å². The first-order valence-electron chi connectivity index (χ1n) is 4.06. The number of carboxylic acid groups (broad SMARTS) is 1. The molecule has 0 radical (unpaired) electrons. The summed E-state index contributed by atoms with van der Waals surface area (Å²) in [6, 6.07) is 7.68. The second kappa shape index (κ2) is 6.02. The number of hydrogen-bond acceptors (Lipinski definition) is 2. The van der Waals surface area contributed by atoms with Crippen molar-refractivity contribution in [3.63, 3.8) is 0 Å². The molecule has 68 valence electrons. The molecule has 1 aromatic carbocycles. The maximum atomic E-state index is 10.3. The van der Waals surface area contributed by atoms with Gasteiger partial charge in [0, 0.05) is 0 Å². The molecule has 0 bridgehead atoms. The van der Waals surface area contributed by atoms with E-state index in [1.54, 1.807) is 6.92 Å². The second-order valence-corrected chi connectivity index (χ2v) is 3.02. The Balaban J connectivity index is 0.00000169. The molecule has 1 aromatic rings. The molecule has 0 saturated heterocycles. The third-order valence-corrected chi connectivity index (χ3v) is 1.81. The van der Waals surface area contributed by atoms with Gasteiger partial charge < -0.3 is 9.90 Å². The fourth-order valence-corrected chi connectivity index (χ4v) is 1.15. The molecule has 0 unspecified atom stereocenters. The number of aryl methyl sites for hydroxylation is 1. The number of carbonyl (C=O) groups is 1. The van der Waals surface area contributed by atoms with Crippen molar-refractivity contribution in [1.29, 1.82) is 0 Å². The second-order valence-electron chi connectivity index (χ2n) is 3.02. The van der Waals surface area contributed by atoms with Crippen LogP contribution < -0.4 is 34.7 Å². The summed E-state index contributed by atoms with van der Waals surface area (Å²) in [4.78, 5) is 10.3. The van der Waals surface area contributed by atoms with Gasteiger partial charge in [-0.3, -0.25) is 0 Å². The van der Waals surface area contributed by atoms with Crippen molar-refractivity contribution in [3.8, 4) is 0 Å². The van der Waals surface area contributed by atoms with Gasteiger partial charge in [-0.05, 0) is 31.1 Å². The molecular formula is C11H11NaO2. The van der Waals surface area contributed by atoms with Crippen LogP contribution in [0.4, 0.5) is 0 Å². The molecule has 0 saturated carbocycles. The first kappa shape index (κ1) is 13.4. The summed E-state index contributed by atoms with van der Waals surface area (Å²) in [6.07, 6.45) is 1.11. The van der Waals surface area contributed by atoms with Crippen molar-refractivity contribution < 1.29 is 39.5 Å². The predicted molar refractivity (Wildman–Crippen MR) is 49.8 cm³/mol. The summed E-state index contributed by atoms with van der Waals surface area (Å²) < 4.78 is 0. The number of rotatable bonds is 2. The van der Waals surface area contributed by atoms with E-state index in [4.69, 9.17) is 0 Å². The molecule has 0 atom stereocenters. The number of hydrogen-bond donors (Lipinski definition) is 0. The summed E-state index contributed by atoms with van der Waals surface area (Å²) in [5.41, 5.74) is 2.75. The zero-order chi connectivity index (χ0) is 9.84. The normalized spacial score (nSPS) is 10.6. The van der Waals surface area contributed by atoms with Gasteiger partial charge in [0.2, 0.25) is 0 Å². The molecule has 1 rings (SSSR count). The zero-order valence-electron chi connectivity index (χ0n) is 8.70. The maximum absolute atomic E-state index is 10.3. The summed E-state index contributed by atoms with van der Waals surface area (Å²) >= 11 is 0. The number of carboxylic acids is 1. The van der Waals surface area contributed by atoms with E-state index in [2.05, 4.69) is 0 Å². The quantitative estimate of drug-likeness (QED) is 0.413. The van der Waals surface area contributed by atoms with Crippen LogP contribution >= 0.6 is 0 Å². The first-order valence-corrected chi connectivity index (χ1v) is 4.06. The minimum Gasteiger partial charge on any atom is -0.545 e. The standard InChI is InChI=1S/C11H12O2.Na/c1-8-4-3-5-10(6-8)9(2)7-11(12)13;/h3-7H,1-2H3,(H,12,13);/q;+1/p-1. The Morgan fingerprint density at radius 3 is 2.57 bits per heavy atom. The van der Waals surface area contributed by atoms with Crippen molar-refractivity contribution in [2.75, 3.05) is 0 Å².